The number of nitrogens with one attached hydrogen (secondary N) is 3. The number of hydrogen-bond donors (Lipinski definition) is 4. The quantitative estimate of drug-likeness (QED) is 0.318. The van der Waals surface area contributed by atoms with Gasteiger partial charge in [-0.2, -0.15) is 0 Å². The van der Waals surface area contributed by atoms with Crippen LogP contribution in [-0.4, -0.2) is 37.4 Å². The van der Waals surface area contributed by atoms with Crippen LogP contribution in [0.5, 0.6) is 5.75 Å². The zero-order chi connectivity index (χ0) is 24.5. The molecule has 4 N–H and O–H groups in total. The van der Waals surface area contributed by atoms with E-state index in [-0.39, 0.29) is 12.3 Å². The van der Waals surface area contributed by atoms with Crippen LogP contribution in [0.4, 0.5) is 10.1 Å². The maximum atomic E-state index is 13.7. The lowest BCUT2D eigenvalue weighted by molar-refractivity contribution is -0.113. The van der Waals surface area contributed by atoms with Gasteiger partial charge in [0.2, 0.25) is 5.78 Å². The summed E-state index contributed by atoms with van der Waals surface area (Å²) in [7, 11) is 3.24. The molecule has 0 aromatic heterocycles. The molecule has 34 heavy (non-hydrogen) atoms. The molecular formula is C27H28FN3O3. The molecule has 1 atom stereocenters. The smallest absolute Gasteiger partial charge is 0.207 e. The van der Waals surface area contributed by atoms with Gasteiger partial charge < -0.3 is 20.5 Å². The lowest BCUT2D eigenvalue weighted by atomic mass is 9.92. The number of aliphatic hydroxyl groups is 1. The van der Waals surface area contributed by atoms with Crippen molar-refractivity contribution in [3.63, 3.8) is 0 Å². The van der Waals surface area contributed by atoms with Gasteiger partial charge in [-0.3, -0.25) is 10.2 Å². The molecular weight excluding hydrogens is 433 g/mol. The van der Waals surface area contributed by atoms with Crippen LogP contribution in [0.1, 0.15) is 22.7 Å². The number of methoxy groups -OCH3 is 1. The van der Waals surface area contributed by atoms with Gasteiger partial charge >= 0.3 is 0 Å². The van der Waals surface area contributed by atoms with Crippen molar-refractivity contribution in [3.05, 3.63) is 102 Å². The number of rotatable bonds is 11. The summed E-state index contributed by atoms with van der Waals surface area (Å²) in [5.74, 6) is -0.339. The lowest BCUT2D eigenvalue weighted by Gasteiger charge is -2.22. The van der Waals surface area contributed by atoms with E-state index in [2.05, 4.69) is 10.6 Å². The van der Waals surface area contributed by atoms with Gasteiger partial charge in [-0.05, 0) is 47.4 Å². The number of anilines is 1. The maximum Gasteiger partial charge on any atom is 0.207 e. The molecule has 0 bridgehead atoms. The fourth-order valence-electron chi connectivity index (χ4n) is 3.60. The van der Waals surface area contributed by atoms with Crippen molar-refractivity contribution in [1.29, 1.82) is 5.41 Å². The Hall–Kier alpha value is -3.97. The highest BCUT2D eigenvalue weighted by atomic mass is 19.1. The highest BCUT2D eigenvalue weighted by molar-refractivity contribution is 6.56. The average Bonchev–Trinajstić information content (AvgIpc) is 2.86. The predicted octanol–water partition coefficient (Wildman–Crippen LogP) is 4.37. The minimum atomic E-state index is -0.953. The second kappa shape index (κ2) is 11.8. The number of allylic oxidation sites excluding steroid dienone is 1. The Bertz CT molecular complexity index is 1160. The third kappa shape index (κ3) is 6.08. The molecule has 0 fully saturated rings. The van der Waals surface area contributed by atoms with Gasteiger partial charge in [-0.1, -0.05) is 42.5 Å². The van der Waals surface area contributed by atoms with E-state index in [1.165, 1.54) is 31.4 Å². The summed E-state index contributed by atoms with van der Waals surface area (Å²) in [6.07, 6.45) is 2.03. The summed E-state index contributed by atoms with van der Waals surface area (Å²) < 4.78 is 19.0. The Morgan fingerprint density at radius 1 is 1.12 bits per heavy atom. The minimum Gasteiger partial charge on any atom is -0.497 e. The molecule has 0 spiro atoms. The number of hydrogen-bond acceptors (Lipinski definition) is 6. The summed E-state index contributed by atoms with van der Waals surface area (Å²) >= 11 is 0. The first-order valence-electron chi connectivity index (χ1n) is 10.8. The van der Waals surface area contributed by atoms with Crippen molar-refractivity contribution in [2.45, 2.75) is 12.5 Å². The third-order valence-corrected chi connectivity index (χ3v) is 5.27. The zero-order valence-corrected chi connectivity index (χ0v) is 19.1. The highest BCUT2D eigenvalue weighted by Crippen LogP contribution is 2.28. The molecule has 0 heterocycles. The first kappa shape index (κ1) is 24.7. The van der Waals surface area contributed by atoms with Gasteiger partial charge in [0.05, 0.1) is 7.11 Å². The molecule has 0 aliphatic rings. The summed E-state index contributed by atoms with van der Waals surface area (Å²) in [6.45, 7) is -0.0349. The normalized spacial score (nSPS) is 12.1. The molecule has 0 saturated carbocycles. The molecule has 0 aliphatic heterocycles. The molecule has 0 radical (unpaired) electrons. The minimum absolute atomic E-state index is 0.0349. The van der Waals surface area contributed by atoms with Crippen molar-refractivity contribution in [1.82, 2.24) is 5.32 Å². The van der Waals surface area contributed by atoms with Crippen LogP contribution in [0, 0.1) is 11.2 Å². The van der Waals surface area contributed by atoms with E-state index in [0.29, 0.717) is 29.0 Å². The Morgan fingerprint density at radius 2 is 1.82 bits per heavy atom. The van der Waals surface area contributed by atoms with E-state index >= 15 is 0 Å². The van der Waals surface area contributed by atoms with Crippen LogP contribution in [0.2, 0.25) is 0 Å². The van der Waals surface area contributed by atoms with Gasteiger partial charge in [0.25, 0.3) is 0 Å². The second-order valence-electron chi connectivity index (χ2n) is 7.62. The predicted molar refractivity (Wildman–Crippen MR) is 133 cm³/mol. The fourth-order valence-corrected chi connectivity index (χ4v) is 3.60. The summed E-state index contributed by atoms with van der Waals surface area (Å²) in [5, 5.41) is 24.2. The van der Waals surface area contributed by atoms with Crippen molar-refractivity contribution in [3.8, 4) is 5.75 Å². The molecule has 0 aliphatic carbocycles. The summed E-state index contributed by atoms with van der Waals surface area (Å²) in [5.41, 5.74) is 2.88. The van der Waals surface area contributed by atoms with Gasteiger partial charge in [0, 0.05) is 37.2 Å². The number of benzene rings is 3. The standard InChI is InChI=1S/C27H28FN3O3/c1-30-17-24(19-6-4-3-5-7-19)25(29)27(33)26(20-8-10-21(28)11-9-20)31-22-14-18(12-13-32)15-23(16-22)34-2/h3-11,14-17,26,29-32H,12-13H2,1-2H3/b24-17-,29-25?. The van der Waals surface area contributed by atoms with Gasteiger partial charge in [0.15, 0.2) is 0 Å². The number of ether oxygens (including phenoxy) is 1. The molecule has 3 rings (SSSR count). The molecule has 0 amide bonds. The summed E-state index contributed by atoms with van der Waals surface area (Å²) in [6, 6.07) is 19.2. The topological polar surface area (TPSA) is 94.4 Å². The third-order valence-electron chi connectivity index (χ3n) is 5.27. The number of carbonyl (C=O) groups excluding carboxylic acids is 1. The van der Waals surface area contributed by atoms with E-state index in [1.807, 2.05) is 36.4 Å². The van der Waals surface area contributed by atoms with Gasteiger partial charge in [-0.15, -0.1) is 0 Å². The first-order valence-corrected chi connectivity index (χ1v) is 10.8. The molecule has 3 aromatic carbocycles. The molecule has 0 saturated heterocycles. The molecule has 176 valence electrons. The Labute approximate surface area is 198 Å². The van der Waals surface area contributed by atoms with Crippen molar-refractivity contribution in [2.24, 2.45) is 0 Å². The number of halogens is 1. The summed E-state index contributed by atoms with van der Waals surface area (Å²) in [4.78, 5) is 13.7. The number of ketones is 1. The largest absolute Gasteiger partial charge is 0.497 e. The SMILES string of the molecule is CN/C=C(\C(=N)C(=O)C(Nc1cc(CCO)cc(OC)c1)c1ccc(F)cc1)c1ccccc1. The first-order chi connectivity index (χ1) is 16.5. The Kier molecular flexibility index (Phi) is 8.54. The van der Waals surface area contributed by atoms with Crippen LogP contribution >= 0.6 is 0 Å². The number of aliphatic hydroxyl groups excluding tert-OH is 1. The number of carbonyl (C=O) groups is 1. The van der Waals surface area contributed by atoms with Crippen LogP contribution in [0.15, 0.2) is 79.0 Å². The molecule has 3 aromatic rings. The Morgan fingerprint density at radius 3 is 2.44 bits per heavy atom. The monoisotopic (exact) mass is 461 g/mol. The Balaban J connectivity index is 2.02. The van der Waals surface area contributed by atoms with E-state index in [9.17, 15) is 14.3 Å². The van der Waals surface area contributed by atoms with Crippen molar-refractivity contribution >= 4 is 22.8 Å². The highest BCUT2D eigenvalue weighted by Gasteiger charge is 2.27. The van der Waals surface area contributed by atoms with Crippen LogP contribution in [0.25, 0.3) is 5.57 Å². The average molecular weight is 462 g/mol. The van der Waals surface area contributed by atoms with Crippen molar-refractivity contribution < 1.29 is 19.0 Å². The van der Waals surface area contributed by atoms with E-state index < -0.39 is 17.6 Å². The van der Waals surface area contributed by atoms with E-state index in [0.717, 1.165) is 11.1 Å². The second-order valence-corrected chi connectivity index (χ2v) is 7.62. The van der Waals surface area contributed by atoms with Crippen LogP contribution in [-0.2, 0) is 11.2 Å². The zero-order valence-electron chi connectivity index (χ0n) is 19.1. The van der Waals surface area contributed by atoms with Gasteiger partial charge in [0.1, 0.15) is 23.3 Å². The molecule has 7 heteroatoms. The molecule has 6 nitrogen and oxygen atoms in total. The van der Waals surface area contributed by atoms with Gasteiger partial charge in [-0.25, -0.2) is 4.39 Å². The van der Waals surface area contributed by atoms with Crippen LogP contribution < -0.4 is 15.4 Å². The van der Waals surface area contributed by atoms with Crippen LogP contribution in [0.3, 0.4) is 0 Å². The molecule has 1 unspecified atom stereocenters. The van der Waals surface area contributed by atoms with Crippen molar-refractivity contribution in [2.75, 3.05) is 26.1 Å². The lowest BCUT2D eigenvalue weighted by Crippen LogP contribution is -2.29. The fraction of sp³-hybridized carbons (Fsp3) is 0.185. The van der Waals surface area contributed by atoms with E-state index in [4.69, 9.17) is 10.1 Å². The number of Topliss-reactive ketones (excluding diaryl/α,β-unsaturated/α-hetero) is 1. The maximum absolute atomic E-state index is 13.7. The van der Waals surface area contributed by atoms with E-state index in [1.54, 1.807) is 25.4 Å².